The molecule has 32 heavy (non-hydrogen) atoms. The number of nitro benzene ring substituents is 1. The highest BCUT2D eigenvalue weighted by Gasteiger charge is 2.34. The van der Waals surface area contributed by atoms with Gasteiger partial charge in [-0.05, 0) is 12.1 Å². The summed E-state index contributed by atoms with van der Waals surface area (Å²) in [5.41, 5.74) is -0.802. The molecule has 1 heterocycles. The third kappa shape index (κ3) is 5.72. The van der Waals surface area contributed by atoms with Gasteiger partial charge in [-0.15, -0.1) is 0 Å². The van der Waals surface area contributed by atoms with Gasteiger partial charge >= 0.3 is 6.18 Å². The monoisotopic (exact) mass is 464 g/mol. The molecule has 0 atom stereocenters. The molecule has 0 aliphatic carbocycles. The number of nitrogens with one attached hydrogen (secondary N) is 1. The molecule has 166 valence electrons. The fourth-order valence-corrected chi connectivity index (χ4v) is 3.27. The molecule has 0 spiro atoms. The molecule has 0 saturated heterocycles. The van der Waals surface area contributed by atoms with Crippen molar-refractivity contribution in [2.45, 2.75) is 11.3 Å². The van der Waals surface area contributed by atoms with E-state index in [-0.39, 0.29) is 33.7 Å². The average Bonchev–Trinajstić information content (AvgIpc) is 2.77. The van der Waals surface area contributed by atoms with Crippen LogP contribution in [0.4, 0.5) is 24.5 Å². The normalized spacial score (nSPS) is 11.1. The molecule has 0 radical (unpaired) electrons. The molecule has 3 rings (SSSR count). The fourth-order valence-electron chi connectivity index (χ4n) is 2.62. The number of carbonyl (C=O) groups is 1. The molecule has 1 amide bonds. The topological polar surface area (TPSA) is 107 Å². The van der Waals surface area contributed by atoms with Gasteiger partial charge in [-0.2, -0.15) is 13.2 Å². The molecule has 8 nitrogen and oxygen atoms in total. The predicted molar refractivity (Wildman–Crippen MR) is 111 cm³/mol. The summed E-state index contributed by atoms with van der Waals surface area (Å²) in [6.07, 6.45) is -4.69. The van der Waals surface area contributed by atoms with Crippen molar-refractivity contribution < 1.29 is 27.6 Å². The number of alkyl halides is 3. The highest BCUT2D eigenvalue weighted by molar-refractivity contribution is 7.99. The number of anilines is 1. The smallest absolute Gasteiger partial charge is 0.433 e. The number of thioether (sulfide) groups is 1. The lowest BCUT2D eigenvalue weighted by molar-refractivity contribution is -0.384. The van der Waals surface area contributed by atoms with Crippen molar-refractivity contribution in [1.82, 2.24) is 9.97 Å². The number of halogens is 3. The summed E-state index contributed by atoms with van der Waals surface area (Å²) in [7, 11) is 1.33. The second-order valence-corrected chi connectivity index (χ2v) is 7.21. The number of hydrogen-bond acceptors (Lipinski definition) is 7. The van der Waals surface area contributed by atoms with Gasteiger partial charge in [0.2, 0.25) is 5.91 Å². The summed E-state index contributed by atoms with van der Waals surface area (Å²) in [6.45, 7) is 0. The van der Waals surface area contributed by atoms with Crippen molar-refractivity contribution >= 4 is 29.0 Å². The number of methoxy groups -OCH3 is 1. The van der Waals surface area contributed by atoms with Gasteiger partial charge < -0.3 is 10.1 Å². The van der Waals surface area contributed by atoms with Crippen LogP contribution in [0.5, 0.6) is 5.75 Å². The van der Waals surface area contributed by atoms with Gasteiger partial charge in [-0.3, -0.25) is 14.9 Å². The number of non-ortho nitro benzene ring substituents is 1. The maximum Gasteiger partial charge on any atom is 0.433 e. The van der Waals surface area contributed by atoms with Crippen molar-refractivity contribution in [3.05, 3.63) is 70.4 Å². The Morgan fingerprint density at radius 3 is 2.50 bits per heavy atom. The van der Waals surface area contributed by atoms with Gasteiger partial charge in [0.05, 0.1) is 29.2 Å². The zero-order valence-electron chi connectivity index (χ0n) is 16.4. The number of carbonyl (C=O) groups excluding carboxylic acids is 1. The van der Waals surface area contributed by atoms with E-state index in [0.29, 0.717) is 17.3 Å². The maximum absolute atomic E-state index is 13.3. The van der Waals surface area contributed by atoms with Gasteiger partial charge in [0.15, 0.2) is 5.16 Å². The Bertz CT molecular complexity index is 1140. The van der Waals surface area contributed by atoms with Crippen LogP contribution in [0.15, 0.2) is 59.8 Å². The van der Waals surface area contributed by atoms with Crippen LogP contribution in [0.25, 0.3) is 11.3 Å². The first kappa shape index (κ1) is 23.0. The van der Waals surface area contributed by atoms with Crippen molar-refractivity contribution in [3.63, 3.8) is 0 Å². The lowest BCUT2D eigenvalue weighted by atomic mass is 10.1. The molecule has 12 heteroatoms. The van der Waals surface area contributed by atoms with Crippen LogP contribution in [0.1, 0.15) is 5.69 Å². The van der Waals surface area contributed by atoms with Crippen LogP contribution in [-0.2, 0) is 11.0 Å². The number of ether oxygens (including phenoxy) is 1. The van der Waals surface area contributed by atoms with Crippen LogP contribution >= 0.6 is 11.8 Å². The van der Waals surface area contributed by atoms with Crippen molar-refractivity contribution in [1.29, 1.82) is 0 Å². The Morgan fingerprint density at radius 1 is 1.16 bits per heavy atom. The fraction of sp³-hybridized carbons (Fsp3) is 0.150. The Labute approximate surface area is 184 Å². The summed E-state index contributed by atoms with van der Waals surface area (Å²) < 4.78 is 44.9. The molecule has 0 unspecified atom stereocenters. The zero-order chi connectivity index (χ0) is 23.3. The Morgan fingerprint density at radius 2 is 1.88 bits per heavy atom. The molecule has 0 saturated carbocycles. The molecular weight excluding hydrogens is 449 g/mol. The highest BCUT2D eigenvalue weighted by Crippen LogP contribution is 2.32. The van der Waals surface area contributed by atoms with Gasteiger partial charge in [-0.1, -0.05) is 42.1 Å². The molecule has 1 aromatic heterocycles. The van der Waals surface area contributed by atoms with Gasteiger partial charge in [0, 0.05) is 17.7 Å². The van der Waals surface area contributed by atoms with Crippen LogP contribution < -0.4 is 10.1 Å². The second-order valence-electron chi connectivity index (χ2n) is 6.26. The minimum absolute atomic E-state index is 0.0576. The van der Waals surface area contributed by atoms with Gasteiger partial charge in [0.1, 0.15) is 11.4 Å². The van der Waals surface area contributed by atoms with E-state index >= 15 is 0 Å². The van der Waals surface area contributed by atoms with E-state index in [4.69, 9.17) is 4.74 Å². The summed E-state index contributed by atoms with van der Waals surface area (Å²) >= 11 is 0.702. The van der Waals surface area contributed by atoms with E-state index in [0.717, 1.165) is 12.1 Å². The Balaban J connectivity index is 1.80. The Hall–Kier alpha value is -3.67. The van der Waals surface area contributed by atoms with E-state index in [1.54, 1.807) is 30.3 Å². The third-order valence-electron chi connectivity index (χ3n) is 4.07. The van der Waals surface area contributed by atoms with E-state index in [9.17, 15) is 28.1 Å². The molecule has 0 aliphatic rings. The van der Waals surface area contributed by atoms with E-state index in [2.05, 4.69) is 15.3 Å². The predicted octanol–water partition coefficient (Wildman–Crippen LogP) is 4.81. The zero-order valence-corrected chi connectivity index (χ0v) is 17.2. The number of benzene rings is 2. The largest absolute Gasteiger partial charge is 0.495 e. The molecule has 0 bridgehead atoms. The Kier molecular flexibility index (Phi) is 6.93. The second kappa shape index (κ2) is 9.64. The number of nitrogens with zero attached hydrogens (tertiary/aromatic N) is 3. The SMILES string of the molecule is COc1ccc([N+](=O)[O-])cc1NC(=O)CSc1nc(-c2ccccc2)cc(C(F)(F)F)n1. The summed E-state index contributed by atoms with van der Waals surface area (Å²) in [5.74, 6) is -0.770. The van der Waals surface area contributed by atoms with Crippen LogP contribution in [0.2, 0.25) is 0 Å². The minimum Gasteiger partial charge on any atom is -0.495 e. The average molecular weight is 464 g/mol. The number of rotatable bonds is 7. The quantitative estimate of drug-likeness (QED) is 0.231. The molecule has 1 N–H and O–H groups in total. The first-order valence-corrected chi connectivity index (χ1v) is 9.92. The molecule has 0 fully saturated rings. The molecular formula is C20H15F3N4O4S. The first-order chi connectivity index (χ1) is 15.2. The number of hydrogen-bond donors (Lipinski definition) is 1. The maximum atomic E-state index is 13.3. The molecule has 0 aliphatic heterocycles. The standard InChI is InChI=1S/C20H15F3N4O4S/c1-31-16-8-7-13(27(29)30)9-15(16)24-18(28)11-32-19-25-14(12-5-3-2-4-6-12)10-17(26-19)20(21,22)23/h2-10H,11H2,1H3,(H,24,28). The minimum atomic E-state index is -4.69. The van der Waals surface area contributed by atoms with Crippen LogP contribution in [0, 0.1) is 10.1 Å². The van der Waals surface area contributed by atoms with Crippen molar-refractivity contribution in [2.24, 2.45) is 0 Å². The number of nitro groups is 1. The summed E-state index contributed by atoms with van der Waals surface area (Å²) in [5, 5.41) is 13.2. The first-order valence-electron chi connectivity index (χ1n) is 8.94. The van der Waals surface area contributed by atoms with Crippen LogP contribution in [-0.4, -0.2) is 33.7 Å². The van der Waals surface area contributed by atoms with Crippen molar-refractivity contribution in [3.8, 4) is 17.0 Å². The molecule has 3 aromatic rings. The lowest BCUT2D eigenvalue weighted by Gasteiger charge is -2.11. The van der Waals surface area contributed by atoms with Gasteiger partial charge in [-0.25, -0.2) is 9.97 Å². The van der Waals surface area contributed by atoms with E-state index < -0.39 is 22.7 Å². The summed E-state index contributed by atoms with van der Waals surface area (Å²) in [4.78, 5) is 30.3. The van der Waals surface area contributed by atoms with Crippen LogP contribution in [0.3, 0.4) is 0 Å². The van der Waals surface area contributed by atoms with Crippen molar-refractivity contribution in [2.75, 3.05) is 18.2 Å². The lowest BCUT2D eigenvalue weighted by Crippen LogP contribution is -2.16. The highest BCUT2D eigenvalue weighted by atomic mass is 32.2. The number of aromatic nitrogens is 2. The number of amides is 1. The summed E-state index contributed by atoms with van der Waals surface area (Å²) in [6, 6.07) is 12.8. The van der Waals surface area contributed by atoms with E-state index in [1.807, 2.05) is 0 Å². The molecule has 2 aromatic carbocycles. The third-order valence-corrected chi connectivity index (χ3v) is 4.91. The van der Waals surface area contributed by atoms with E-state index in [1.165, 1.54) is 19.2 Å². The van der Waals surface area contributed by atoms with Gasteiger partial charge in [0.25, 0.3) is 5.69 Å².